The molecule has 4 N–H and O–H groups in total. The molecular weight excluding hydrogens is 665 g/mol. The zero-order valence-electron chi connectivity index (χ0n) is 30.6. The van der Waals surface area contributed by atoms with Crippen molar-refractivity contribution in [2.24, 2.45) is 11.8 Å². The van der Waals surface area contributed by atoms with Crippen LogP contribution in [0.5, 0.6) is 0 Å². The van der Waals surface area contributed by atoms with Crippen LogP contribution < -0.4 is 5.73 Å². The third-order valence-corrected chi connectivity index (χ3v) is 10.6. The molecule has 0 bridgehead atoms. The van der Waals surface area contributed by atoms with Crippen LogP contribution in [0.3, 0.4) is 0 Å². The number of aromatic nitrogens is 2. The first-order valence-electron chi connectivity index (χ1n) is 18.3. The maximum absolute atomic E-state index is 14.3. The molecule has 1 saturated carbocycles. The van der Waals surface area contributed by atoms with E-state index in [0.717, 1.165) is 36.9 Å². The van der Waals surface area contributed by atoms with E-state index >= 15 is 0 Å². The molecule has 1 aliphatic carbocycles. The van der Waals surface area contributed by atoms with Crippen molar-refractivity contribution >= 4 is 34.2 Å². The standard InChI is InChI=1S/C39H56N6O5S/c1-27(2)21-34(46)38(50)33(22-29-13-7-5-8-14-29)45(24-32-26-51-39(40)42-32)36(48)19-18-35(47)44(28(3)30-15-9-6-10-16-30)25-37(49)43(4)23-31-17-11-12-20-41-31/h6,9-12,15-17,20,26-29,33-34,38,46,50H,5,7-8,13-14,18-19,21-25H2,1-4H3,(H2,40,42)/t28-,33-,34-,38+/m0/s1. The van der Waals surface area contributed by atoms with Gasteiger partial charge in [-0.05, 0) is 49.3 Å². The number of thiazole rings is 1. The lowest BCUT2D eigenvalue weighted by Crippen LogP contribution is -2.52. The van der Waals surface area contributed by atoms with Crippen molar-refractivity contribution in [3.63, 3.8) is 0 Å². The van der Waals surface area contributed by atoms with Crippen LogP contribution in [-0.4, -0.2) is 84.4 Å². The Kier molecular flexibility index (Phi) is 15.4. The third kappa shape index (κ3) is 12.1. The smallest absolute Gasteiger partial charge is 0.242 e. The monoisotopic (exact) mass is 720 g/mol. The average Bonchev–Trinajstić information content (AvgIpc) is 3.55. The summed E-state index contributed by atoms with van der Waals surface area (Å²) in [6.07, 6.45) is 5.51. The highest BCUT2D eigenvalue weighted by Gasteiger charge is 2.37. The number of anilines is 1. The number of benzene rings is 1. The van der Waals surface area contributed by atoms with Crippen LogP contribution in [0.2, 0.25) is 0 Å². The van der Waals surface area contributed by atoms with E-state index in [9.17, 15) is 24.6 Å². The summed E-state index contributed by atoms with van der Waals surface area (Å²) in [5, 5.41) is 25.0. The molecule has 2 aromatic heterocycles. The molecule has 51 heavy (non-hydrogen) atoms. The quantitative estimate of drug-likeness (QED) is 0.154. The summed E-state index contributed by atoms with van der Waals surface area (Å²) in [7, 11) is 1.69. The second-order valence-corrected chi connectivity index (χ2v) is 15.3. The Morgan fingerprint density at radius 3 is 2.16 bits per heavy atom. The Morgan fingerprint density at radius 2 is 1.55 bits per heavy atom. The van der Waals surface area contributed by atoms with Gasteiger partial charge in [-0.2, -0.15) is 0 Å². The fourth-order valence-corrected chi connectivity index (χ4v) is 7.55. The van der Waals surface area contributed by atoms with Crippen LogP contribution in [0.15, 0.2) is 60.1 Å². The van der Waals surface area contributed by atoms with Crippen LogP contribution in [0.4, 0.5) is 5.13 Å². The van der Waals surface area contributed by atoms with Crippen molar-refractivity contribution < 1.29 is 24.6 Å². The van der Waals surface area contributed by atoms with E-state index in [4.69, 9.17) is 5.73 Å². The van der Waals surface area contributed by atoms with Gasteiger partial charge < -0.3 is 30.6 Å². The molecule has 4 rings (SSSR count). The third-order valence-electron chi connectivity index (χ3n) is 9.90. The Morgan fingerprint density at radius 1 is 0.882 bits per heavy atom. The van der Waals surface area contributed by atoms with E-state index < -0.39 is 24.3 Å². The molecule has 1 fully saturated rings. The predicted molar refractivity (Wildman–Crippen MR) is 200 cm³/mol. The summed E-state index contributed by atoms with van der Waals surface area (Å²) < 4.78 is 0. The van der Waals surface area contributed by atoms with Gasteiger partial charge in [0, 0.05) is 31.5 Å². The molecule has 0 aliphatic heterocycles. The first kappa shape index (κ1) is 39.9. The number of amides is 3. The van der Waals surface area contributed by atoms with Gasteiger partial charge in [-0.15, -0.1) is 11.3 Å². The molecule has 0 spiro atoms. The topological polar surface area (TPSA) is 153 Å². The number of rotatable bonds is 18. The van der Waals surface area contributed by atoms with E-state index in [0.29, 0.717) is 36.1 Å². The minimum Gasteiger partial charge on any atom is -0.390 e. The van der Waals surface area contributed by atoms with Crippen molar-refractivity contribution in [1.29, 1.82) is 0 Å². The molecule has 3 aromatic rings. The van der Waals surface area contributed by atoms with Gasteiger partial charge in [-0.1, -0.05) is 82.3 Å². The van der Waals surface area contributed by atoms with Gasteiger partial charge in [0.1, 0.15) is 12.6 Å². The van der Waals surface area contributed by atoms with Crippen LogP contribution in [0.1, 0.15) is 102 Å². The summed E-state index contributed by atoms with van der Waals surface area (Å²) >= 11 is 1.28. The number of nitrogens with two attached hydrogens (primary N) is 1. The lowest BCUT2D eigenvalue weighted by atomic mass is 9.81. The van der Waals surface area contributed by atoms with Crippen molar-refractivity contribution in [3.05, 3.63) is 77.1 Å². The van der Waals surface area contributed by atoms with Crippen LogP contribution in [0.25, 0.3) is 0 Å². The summed E-state index contributed by atoms with van der Waals surface area (Å²) in [4.78, 5) is 55.3. The van der Waals surface area contributed by atoms with Crippen molar-refractivity contribution in [2.75, 3.05) is 19.3 Å². The molecule has 1 aliphatic rings. The van der Waals surface area contributed by atoms with Crippen LogP contribution in [-0.2, 0) is 27.5 Å². The normalized spacial score (nSPS) is 15.9. The second kappa shape index (κ2) is 19.7. The second-order valence-electron chi connectivity index (χ2n) is 14.4. The molecule has 12 heteroatoms. The molecular formula is C39H56N6O5S. The molecule has 0 saturated heterocycles. The molecule has 278 valence electrons. The van der Waals surface area contributed by atoms with E-state index in [-0.39, 0.29) is 49.6 Å². The van der Waals surface area contributed by atoms with E-state index in [1.54, 1.807) is 28.4 Å². The molecule has 0 radical (unpaired) electrons. The summed E-state index contributed by atoms with van der Waals surface area (Å²) in [6, 6.07) is 13.9. The molecule has 4 atom stereocenters. The van der Waals surface area contributed by atoms with E-state index in [2.05, 4.69) is 9.97 Å². The van der Waals surface area contributed by atoms with Gasteiger partial charge in [-0.3, -0.25) is 19.4 Å². The maximum Gasteiger partial charge on any atom is 0.242 e. The minimum atomic E-state index is -1.17. The number of nitrogen functional groups attached to an aromatic ring is 1. The van der Waals surface area contributed by atoms with Crippen molar-refractivity contribution in [1.82, 2.24) is 24.7 Å². The highest BCUT2D eigenvalue weighted by atomic mass is 32.1. The number of carbonyl (C=O) groups excluding carboxylic acids is 3. The number of likely N-dealkylation sites (N-methyl/N-ethyl adjacent to an activating group) is 1. The van der Waals surface area contributed by atoms with Gasteiger partial charge in [0.15, 0.2) is 5.13 Å². The van der Waals surface area contributed by atoms with E-state index in [1.807, 2.05) is 69.3 Å². The fourth-order valence-electron chi connectivity index (χ4n) is 7.00. The van der Waals surface area contributed by atoms with Crippen molar-refractivity contribution in [2.45, 2.75) is 116 Å². The first-order valence-corrected chi connectivity index (χ1v) is 19.1. The number of nitrogens with zero attached hydrogens (tertiary/aromatic N) is 5. The van der Waals surface area contributed by atoms with Gasteiger partial charge in [0.05, 0.1) is 42.7 Å². The van der Waals surface area contributed by atoms with Gasteiger partial charge in [0.25, 0.3) is 0 Å². The number of pyridine rings is 1. The zero-order valence-corrected chi connectivity index (χ0v) is 31.4. The number of aliphatic hydroxyl groups is 2. The minimum absolute atomic E-state index is 0.102. The molecule has 2 heterocycles. The average molecular weight is 721 g/mol. The van der Waals surface area contributed by atoms with Crippen LogP contribution in [0, 0.1) is 11.8 Å². The Bertz CT molecular complexity index is 1520. The molecule has 1 aromatic carbocycles. The lowest BCUT2D eigenvalue weighted by molar-refractivity contribution is -0.146. The van der Waals surface area contributed by atoms with Gasteiger partial charge in [0.2, 0.25) is 17.7 Å². The van der Waals surface area contributed by atoms with Gasteiger partial charge >= 0.3 is 0 Å². The highest BCUT2D eigenvalue weighted by molar-refractivity contribution is 7.13. The number of hydrogen-bond acceptors (Lipinski definition) is 9. The summed E-state index contributed by atoms with van der Waals surface area (Å²) in [5.74, 6) is -0.453. The zero-order chi connectivity index (χ0) is 36.9. The molecule has 3 amide bonds. The Balaban J connectivity index is 1.56. The number of carbonyl (C=O) groups is 3. The first-order chi connectivity index (χ1) is 24.4. The fraction of sp³-hybridized carbons (Fsp3) is 0.564. The lowest BCUT2D eigenvalue weighted by Gasteiger charge is -2.39. The summed E-state index contributed by atoms with van der Waals surface area (Å²) in [6.45, 7) is 6.09. The van der Waals surface area contributed by atoms with E-state index in [1.165, 1.54) is 22.7 Å². The number of aliphatic hydroxyl groups excluding tert-OH is 2. The predicted octanol–water partition coefficient (Wildman–Crippen LogP) is 5.58. The molecule has 0 unspecified atom stereocenters. The Hall–Kier alpha value is -3.87. The SMILES string of the molecule is CC(C)C[C@H](O)[C@H](O)[C@H](CC1CCCCC1)N(Cc1csc(N)n1)C(=O)CCC(=O)N(CC(=O)N(C)Cc1ccccn1)[C@@H](C)c1ccccc1. The summed E-state index contributed by atoms with van der Waals surface area (Å²) in [5.41, 5.74) is 8.16. The molecule has 11 nitrogen and oxygen atoms in total. The Labute approximate surface area is 306 Å². The maximum atomic E-state index is 14.3. The van der Waals surface area contributed by atoms with Crippen LogP contribution >= 0.6 is 11.3 Å². The largest absolute Gasteiger partial charge is 0.390 e. The number of hydrogen-bond donors (Lipinski definition) is 3. The highest BCUT2D eigenvalue weighted by Crippen LogP contribution is 2.32. The van der Waals surface area contributed by atoms with Gasteiger partial charge in [-0.25, -0.2) is 4.98 Å². The van der Waals surface area contributed by atoms with Crippen molar-refractivity contribution in [3.8, 4) is 0 Å².